The van der Waals surface area contributed by atoms with E-state index in [1.165, 1.54) is 0 Å². The molecule has 8 heteroatoms. The number of halogens is 2. The van der Waals surface area contributed by atoms with Gasteiger partial charge in [0.05, 0.1) is 5.69 Å². The lowest BCUT2D eigenvalue weighted by atomic mass is 9.84. The lowest BCUT2D eigenvalue weighted by Gasteiger charge is -2.34. The fraction of sp³-hybridized carbons (Fsp3) is 0.250. The van der Waals surface area contributed by atoms with E-state index in [0.29, 0.717) is 48.5 Å². The van der Waals surface area contributed by atoms with Crippen molar-refractivity contribution in [2.24, 2.45) is 11.8 Å². The number of fused-ring (bicyclic) bond motifs is 1. The van der Waals surface area contributed by atoms with Crippen molar-refractivity contribution in [3.63, 3.8) is 0 Å². The minimum absolute atomic E-state index is 0.0251. The minimum atomic E-state index is -0.683. The van der Waals surface area contributed by atoms with Crippen LogP contribution in [0.1, 0.15) is 30.1 Å². The summed E-state index contributed by atoms with van der Waals surface area (Å²) in [7, 11) is 0. The van der Waals surface area contributed by atoms with E-state index in [9.17, 15) is 18.4 Å². The fourth-order valence-corrected chi connectivity index (χ4v) is 4.60. The maximum absolute atomic E-state index is 13.9. The van der Waals surface area contributed by atoms with Crippen molar-refractivity contribution in [3.05, 3.63) is 83.9 Å². The summed E-state index contributed by atoms with van der Waals surface area (Å²) < 4.78 is 33.1. The molecule has 1 atom stereocenters. The molecule has 0 radical (unpaired) electrons. The summed E-state index contributed by atoms with van der Waals surface area (Å²) in [6, 6.07) is 17.8. The predicted molar refractivity (Wildman–Crippen MR) is 132 cm³/mol. The number of carbonyl (C=O) groups is 2. The van der Waals surface area contributed by atoms with Crippen LogP contribution in [0, 0.1) is 23.5 Å². The zero-order valence-corrected chi connectivity index (χ0v) is 19.7. The molecule has 1 saturated heterocycles. The Hall–Kier alpha value is -4.07. The largest absolute Gasteiger partial charge is 0.436 e. The van der Waals surface area contributed by atoms with Gasteiger partial charge in [0, 0.05) is 36.2 Å². The maximum Gasteiger partial charge on any atom is 0.253 e. The lowest BCUT2D eigenvalue weighted by molar-refractivity contribution is -0.121. The summed E-state index contributed by atoms with van der Waals surface area (Å²) >= 11 is 0. The van der Waals surface area contributed by atoms with Gasteiger partial charge in [-0.3, -0.25) is 9.59 Å². The molecule has 3 aromatic carbocycles. The van der Waals surface area contributed by atoms with Gasteiger partial charge in [0.25, 0.3) is 5.91 Å². The van der Waals surface area contributed by atoms with E-state index >= 15 is 0 Å². The molecule has 1 aromatic heterocycles. The molecule has 6 nitrogen and oxygen atoms in total. The highest BCUT2D eigenvalue weighted by molar-refractivity contribution is 5.97. The van der Waals surface area contributed by atoms with Gasteiger partial charge in [0.15, 0.2) is 5.58 Å². The van der Waals surface area contributed by atoms with Gasteiger partial charge in [-0.1, -0.05) is 25.1 Å². The molecule has 2 amide bonds. The average Bonchev–Trinajstić information content (AvgIpc) is 3.34. The first kappa shape index (κ1) is 23.7. The Kier molecular flexibility index (Phi) is 6.50. The van der Waals surface area contributed by atoms with E-state index in [4.69, 9.17) is 4.42 Å². The number of hydrogen-bond acceptors (Lipinski definition) is 4. The Labute approximate surface area is 206 Å². The number of benzene rings is 3. The summed E-state index contributed by atoms with van der Waals surface area (Å²) in [5, 5.41) is 2.49. The lowest BCUT2D eigenvalue weighted by Crippen LogP contribution is -2.41. The highest BCUT2D eigenvalue weighted by atomic mass is 19.1. The third-order valence-corrected chi connectivity index (χ3v) is 6.79. The molecule has 0 bridgehead atoms. The van der Waals surface area contributed by atoms with Crippen LogP contribution in [0.2, 0.25) is 0 Å². The molecule has 1 N–H and O–H groups in total. The van der Waals surface area contributed by atoms with Crippen LogP contribution in [0.15, 0.2) is 71.1 Å². The number of anilines is 1. The first-order valence-electron chi connectivity index (χ1n) is 11.9. The summed E-state index contributed by atoms with van der Waals surface area (Å²) in [6.45, 7) is 2.78. The number of nitrogens with one attached hydrogen (secondary N) is 1. The van der Waals surface area contributed by atoms with E-state index in [1.807, 2.05) is 30.3 Å². The first-order chi connectivity index (χ1) is 17.4. The Balaban J connectivity index is 1.21. The van der Waals surface area contributed by atoms with Crippen molar-refractivity contribution >= 4 is 28.6 Å². The van der Waals surface area contributed by atoms with Gasteiger partial charge in [0.1, 0.15) is 17.2 Å². The predicted octanol–water partition coefficient (Wildman–Crippen LogP) is 5.90. The van der Waals surface area contributed by atoms with Gasteiger partial charge in [0.2, 0.25) is 11.8 Å². The monoisotopic (exact) mass is 489 g/mol. The highest BCUT2D eigenvalue weighted by Crippen LogP contribution is 2.29. The van der Waals surface area contributed by atoms with Crippen molar-refractivity contribution < 1.29 is 22.8 Å². The van der Waals surface area contributed by atoms with Crippen molar-refractivity contribution in [2.75, 3.05) is 18.4 Å². The molecule has 0 aliphatic carbocycles. The van der Waals surface area contributed by atoms with Crippen LogP contribution >= 0.6 is 0 Å². The Morgan fingerprint density at radius 1 is 1.03 bits per heavy atom. The second kappa shape index (κ2) is 9.89. The van der Waals surface area contributed by atoms with Crippen molar-refractivity contribution in [2.45, 2.75) is 19.8 Å². The molecule has 36 heavy (non-hydrogen) atoms. The topological polar surface area (TPSA) is 75.4 Å². The molecule has 0 spiro atoms. The molecule has 5 rings (SSSR count). The number of rotatable bonds is 5. The van der Waals surface area contributed by atoms with Gasteiger partial charge in [-0.2, -0.15) is 0 Å². The van der Waals surface area contributed by atoms with Crippen LogP contribution in [0.4, 0.5) is 14.5 Å². The van der Waals surface area contributed by atoms with E-state index in [-0.39, 0.29) is 23.4 Å². The zero-order valence-electron chi connectivity index (χ0n) is 19.7. The number of carbonyl (C=O) groups excluding carboxylic acids is 2. The molecule has 1 aliphatic rings. The molecule has 184 valence electrons. The second-order valence-electron chi connectivity index (χ2n) is 9.10. The Morgan fingerprint density at radius 3 is 2.53 bits per heavy atom. The van der Waals surface area contributed by atoms with Crippen LogP contribution < -0.4 is 5.32 Å². The van der Waals surface area contributed by atoms with E-state index < -0.39 is 17.6 Å². The summed E-state index contributed by atoms with van der Waals surface area (Å²) in [4.78, 5) is 32.1. The average molecular weight is 490 g/mol. The first-order valence-corrected chi connectivity index (χ1v) is 11.9. The number of nitrogens with zero attached hydrogens (tertiary/aromatic N) is 2. The fourth-order valence-electron chi connectivity index (χ4n) is 4.60. The van der Waals surface area contributed by atoms with Crippen LogP contribution in [0.25, 0.3) is 22.6 Å². The number of likely N-dealkylation sites (tertiary alicyclic amines) is 1. The van der Waals surface area contributed by atoms with E-state index in [1.54, 1.807) is 30.0 Å². The standard InChI is InChI=1S/C28H25F2N3O3/c1-17(26(34)31-23-16-21(29)8-9-22(23)30)18-11-13-33(14-12-18)28(35)20-7-10-25-24(15-20)32-27(36-25)19-5-3-2-4-6-19/h2-10,15-18H,11-14H2,1H3,(H,31,34)/t17-/m0/s1. The third kappa shape index (κ3) is 4.84. The number of hydrogen-bond donors (Lipinski definition) is 1. The molecule has 1 aliphatic heterocycles. The molecular formula is C28H25F2N3O3. The Bertz CT molecular complexity index is 1410. The second-order valence-corrected chi connectivity index (χ2v) is 9.10. The molecule has 0 unspecified atom stereocenters. The maximum atomic E-state index is 13.9. The molecule has 4 aromatic rings. The molecule has 1 fully saturated rings. The van der Waals surface area contributed by atoms with Crippen molar-refractivity contribution in [1.29, 1.82) is 0 Å². The number of aromatic nitrogens is 1. The quantitative estimate of drug-likeness (QED) is 0.379. The van der Waals surface area contributed by atoms with Crippen molar-refractivity contribution in [3.8, 4) is 11.5 Å². The van der Waals surface area contributed by atoms with Gasteiger partial charge in [-0.05, 0) is 61.2 Å². The van der Waals surface area contributed by atoms with Gasteiger partial charge in [-0.15, -0.1) is 0 Å². The number of piperidine rings is 1. The van der Waals surface area contributed by atoms with Crippen LogP contribution in [-0.4, -0.2) is 34.8 Å². The third-order valence-electron chi connectivity index (χ3n) is 6.79. The van der Waals surface area contributed by atoms with Crippen LogP contribution in [-0.2, 0) is 4.79 Å². The number of amides is 2. The smallest absolute Gasteiger partial charge is 0.253 e. The molecular weight excluding hydrogens is 464 g/mol. The highest BCUT2D eigenvalue weighted by Gasteiger charge is 2.30. The van der Waals surface area contributed by atoms with E-state index in [2.05, 4.69) is 10.3 Å². The van der Waals surface area contributed by atoms with Crippen LogP contribution in [0.3, 0.4) is 0 Å². The number of oxazole rings is 1. The summed E-state index contributed by atoms with van der Waals surface area (Å²) in [5.41, 5.74) is 2.45. The summed E-state index contributed by atoms with van der Waals surface area (Å²) in [6.07, 6.45) is 1.27. The Morgan fingerprint density at radius 2 is 1.78 bits per heavy atom. The van der Waals surface area contributed by atoms with Crippen LogP contribution in [0.5, 0.6) is 0 Å². The van der Waals surface area contributed by atoms with Gasteiger partial charge < -0.3 is 14.6 Å². The minimum Gasteiger partial charge on any atom is -0.436 e. The zero-order chi connectivity index (χ0) is 25.2. The van der Waals surface area contributed by atoms with Gasteiger partial charge in [-0.25, -0.2) is 13.8 Å². The SMILES string of the molecule is C[C@H](C(=O)Nc1cc(F)ccc1F)C1CCN(C(=O)c2ccc3oc(-c4ccccc4)nc3c2)CC1. The molecule has 0 saturated carbocycles. The van der Waals surface area contributed by atoms with E-state index in [0.717, 1.165) is 23.8 Å². The summed E-state index contributed by atoms with van der Waals surface area (Å²) in [5.74, 6) is -1.65. The normalized spacial score (nSPS) is 15.1. The van der Waals surface area contributed by atoms with Gasteiger partial charge >= 0.3 is 0 Å². The van der Waals surface area contributed by atoms with Crippen molar-refractivity contribution in [1.82, 2.24) is 9.88 Å². The molecule has 2 heterocycles.